The highest BCUT2D eigenvalue weighted by atomic mass is 16.6. The van der Waals surface area contributed by atoms with Gasteiger partial charge in [0.05, 0.1) is 23.0 Å². The smallest absolute Gasteiger partial charge is 0.309 e. The van der Waals surface area contributed by atoms with Gasteiger partial charge in [0.25, 0.3) is 11.8 Å². The standard InChI is InChI=1S/C21H19NO4/c23-19-14-7-3-4-8-15(14)20(24)22(19)9-5-1-2-6-13-12-10-16-17(11-12)21(25)26-18(13)16/h3-4,7-8,12-13,16-18H,1,5,9-11H2/t12-,13-,16+,17-,18+/m1/s1. The Morgan fingerprint density at radius 2 is 1.81 bits per heavy atom. The summed E-state index contributed by atoms with van der Waals surface area (Å²) in [4.78, 5) is 37.7. The fraction of sp³-hybridized carbons (Fsp3) is 0.476. The van der Waals surface area contributed by atoms with E-state index in [1.54, 1.807) is 24.3 Å². The topological polar surface area (TPSA) is 63.7 Å². The van der Waals surface area contributed by atoms with Gasteiger partial charge in [-0.1, -0.05) is 18.1 Å². The number of rotatable bonds is 3. The van der Waals surface area contributed by atoms with E-state index in [4.69, 9.17) is 4.74 Å². The van der Waals surface area contributed by atoms with Crippen molar-refractivity contribution >= 4 is 17.8 Å². The monoisotopic (exact) mass is 349 g/mol. The van der Waals surface area contributed by atoms with Gasteiger partial charge in [0.2, 0.25) is 0 Å². The summed E-state index contributed by atoms with van der Waals surface area (Å²) in [6, 6.07) is 6.94. The molecule has 4 aliphatic rings. The normalized spacial score (nSPS) is 33.3. The van der Waals surface area contributed by atoms with Crippen LogP contribution in [-0.2, 0) is 9.53 Å². The van der Waals surface area contributed by atoms with Gasteiger partial charge in [0.1, 0.15) is 6.10 Å². The number of nitrogens with zero attached hydrogens (tertiary/aromatic N) is 1. The lowest BCUT2D eigenvalue weighted by Crippen LogP contribution is -2.30. The summed E-state index contributed by atoms with van der Waals surface area (Å²) in [6.45, 7) is 0.387. The van der Waals surface area contributed by atoms with E-state index in [1.165, 1.54) is 4.90 Å². The number of unbranched alkanes of at least 4 members (excludes halogenated alkanes) is 1. The lowest BCUT2D eigenvalue weighted by molar-refractivity contribution is -0.143. The van der Waals surface area contributed by atoms with Crippen LogP contribution < -0.4 is 0 Å². The first-order chi connectivity index (χ1) is 12.6. The van der Waals surface area contributed by atoms with Crippen LogP contribution in [0.25, 0.3) is 0 Å². The third-order valence-corrected chi connectivity index (χ3v) is 6.32. The Hall–Kier alpha value is -2.61. The van der Waals surface area contributed by atoms with Gasteiger partial charge in [0, 0.05) is 18.9 Å². The summed E-state index contributed by atoms with van der Waals surface area (Å²) < 4.78 is 5.52. The van der Waals surface area contributed by atoms with Crippen LogP contribution in [0.5, 0.6) is 0 Å². The molecule has 5 rings (SSSR count). The molecule has 3 fully saturated rings. The highest BCUT2D eigenvalue weighted by molar-refractivity contribution is 6.21. The molecule has 26 heavy (non-hydrogen) atoms. The van der Waals surface area contributed by atoms with Crippen LogP contribution in [-0.4, -0.2) is 35.3 Å². The van der Waals surface area contributed by atoms with Gasteiger partial charge in [-0.2, -0.15) is 0 Å². The van der Waals surface area contributed by atoms with E-state index in [9.17, 15) is 14.4 Å². The van der Waals surface area contributed by atoms with Gasteiger partial charge < -0.3 is 4.74 Å². The predicted molar refractivity (Wildman–Crippen MR) is 91.9 cm³/mol. The van der Waals surface area contributed by atoms with Crippen LogP contribution in [0.3, 0.4) is 0 Å². The molecule has 2 aliphatic heterocycles. The molecule has 5 heteroatoms. The Kier molecular flexibility index (Phi) is 3.43. The Morgan fingerprint density at radius 3 is 2.54 bits per heavy atom. The van der Waals surface area contributed by atoms with Gasteiger partial charge in [-0.25, -0.2) is 0 Å². The molecule has 2 saturated carbocycles. The van der Waals surface area contributed by atoms with Crippen LogP contribution in [0.2, 0.25) is 0 Å². The molecule has 0 spiro atoms. The van der Waals surface area contributed by atoms with E-state index in [2.05, 4.69) is 11.8 Å². The number of hydrogen-bond acceptors (Lipinski definition) is 4. The zero-order valence-electron chi connectivity index (χ0n) is 14.3. The van der Waals surface area contributed by atoms with E-state index in [0.29, 0.717) is 42.3 Å². The minimum absolute atomic E-state index is 0.00464. The molecule has 0 N–H and O–H groups in total. The third-order valence-electron chi connectivity index (χ3n) is 6.32. The third kappa shape index (κ3) is 2.14. The molecule has 0 radical (unpaired) electrons. The van der Waals surface area contributed by atoms with Crippen LogP contribution >= 0.6 is 0 Å². The van der Waals surface area contributed by atoms with Gasteiger partial charge in [-0.05, 0) is 37.3 Å². The minimum atomic E-state index is -0.212. The van der Waals surface area contributed by atoms with Crippen molar-refractivity contribution < 1.29 is 19.1 Å². The zero-order valence-corrected chi connectivity index (χ0v) is 14.3. The van der Waals surface area contributed by atoms with E-state index in [-0.39, 0.29) is 35.7 Å². The summed E-state index contributed by atoms with van der Waals surface area (Å²) in [5, 5.41) is 0. The van der Waals surface area contributed by atoms with Crippen molar-refractivity contribution in [3.8, 4) is 11.8 Å². The number of fused-ring (bicyclic) bond motifs is 2. The number of amides is 2. The van der Waals surface area contributed by atoms with Crippen molar-refractivity contribution in [2.75, 3.05) is 6.54 Å². The Morgan fingerprint density at radius 1 is 1.08 bits per heavy atom. The largest absolute Gasteiger partial charge is 0.460 e. The zero-order chi connectivity index (χ0) is 17.8. The van der Waals surface area contributed by atoms with Crippen LogP contribution in [0.4, 0.5) is 0 Å². The molecular weight excluding hydrogens is 330 g/mol. The van der Waals surface area contributed by atoms with Gasteiger partial charge in [-0.15, -0.1) is 5.92 Å². The van der Waals surface area contributed by atoms with Crippen molar-refractivity contribution in [3.05, 3.63) is 35.4 Å². The van der Waals surface area contributed by atoms with Gasteiger partial charge in [-0.3, -0.25) is 19.3 Å². The number of ether oxygens (including phenoxy) is 1. The van der Waals surface area contributed by atoms with E-state index >= 15 is 0 Å². The first-order valence-corrected chi connectivity index (χ1v) is 9.29. The van der Waals surface area contributed by atoms with Crippen molar-refractivity contribution in [1.29, 1.82) is 0 Å². The first-order valence-electron chi connectivity index (χ1n) is 9.29. The highest BCUT2D eigenvalue weighted by Crippen LogP contribution is 2.57. The maximum Gasteiger partial charge on any atom is 0.309 e. The van der Waals surface area contributed by atoms with Crippen molar-refractivity contribution in [2.45, 2.75) is 31.8 Å². The highest BCUT2D eigenvalue weighted by Gasteiger charge is 2.61. The number of imide groups is 1. The maximum atomic E-state index is 12.3. The molecule has 1 aromatic carbocycles. The minimum Gasteiger partial charge on any atom is -0.460 e. The molecule has 1 aromatic rings. The second-order valence-corrected chi connectivity index (χ2v) is 7.66. The second-order valence-electron chi connectivity index (χ2n) is 7.66. The molecule has 0 unspecified atom stereocenters. The number of carbonyl (C=O) groups is 3. The Labute approximate surface area is 151 Å². The lowest BCUT2D eigenvalue weighted by Gasteiger charge is -2.20. The van der Waals surface area contributed by atoms with E-state index < -0.39 is 0 Å². The lowest BCUT2D eigenvalue weighted by atomic mass is 9.82. The fourth-order valence-corrected chi connectivity index (χ4v) is 5.11. The van der Waals surface area contributed by atoms with E-state index in [0.717, 1.165) is 12.8 Å². The Balaban J connectivity index is 1.17. The summed E-state index contributed by atoms with van der Waals surface area (Å²) in [6.07, 6.45) is 3.27. The number of carbonyl (C=O) groups excluding carboxylic acids is 3. The van der Waals surface area contributed by atoms with Gasteiger partial charge >= 0.3 is 5.97 Å². The van der Waals surface area contributed by atoms with Crippen LogP contribution in [0.15, 0.2) is 24.3 Å². The summed E-state index contributed by atoms with van der Waals surface area (Å²) in [5.74, 6) is 7.21. The SMILES string of the molecule is O=C1O[C@H]2[C@H](C#CCCCN3C(=O)c4ccccc4C3=O)[C@@H]3C[C@H]2[C@H]1C3. The van der Waals surface area contributed by atoms with Crippen molar-refractivity contribution in [2.24, 2.45) is 23.7 Å². The van der Waals surface area contributed by atoms with Gasteiger partial charge in [0.15, 0.2) is 0 Å². The number of esters is 1. The average Bonchev–Trinajstić information content (AvgIpc) is 3.33. The molecule has 5 nitrogen and oxygen atoms in total. The molecule has 0 aromatic heterocycles. The van der Waals surface area contributed by atoms with Crippen LogP contribution in [0.1, 0.15) is 46.4 Å². The molecular formula is C21H19NO4. The maximum absolute atomic E-state index is 12.3. The molecule has 2 bridgehead atoms. The molecule has 2 heterocycles. The molecule has 1 saturated heterocycles. The van der Waals surface area contributed by atoms with E-state index in [1.807, 2.05) is 0 Å². The number of benzene rings is 1. The predicted octanol–water partition coefficient (Wildman–Crippen LogP) is 2.26. The summed E-state index contributed by atoms with van der Waals surface area (Å²) >= 11 is 0. The molecule has 132 valence electrons. The van der Waals surface area contributed by atoms with Crippen LogP contribution in [0, 0.1) is 35.5 Å². The summed E-state index contributed by atoms with van der Waals surface area (Å²) in [7, 11) is 0. The fourth-order valence-electron chi connectivity index (χ4n) is 5.11. The van der Waals surface area contributed by atoms with Crippen molar-refractivity contribution in [3.63, 3.8) is 0 Å². The van der Waals surface area contributed by atoms with Crippen molar-refractivity contribution in [1.82, 2.24) is 4.90 Å². The second kappa shape index (κ2) is 5.70. The molecule has 5 atom stereocenters. The average molecular weight is 349 g/mol. The quantitative estimate of drug-likeness (QED) is 0.363. The summed E-state index contributed by atoms with van der Waals surface area (Å²) in [5.41, 5.74) is 0.978. The Bertz CT molecular complexity index is 844. The molecule has 2 amide bonds. The first kappa shape index (κ1) is 15.6. The molecule has 2 aliphatic carbocycles. The number of hydrogen-bond donors (Lipinski definition) is 0.